The Labute approximate surface area is 120 Å². The van der Waals surface area contributed by atoms with Gasteiger partial charge in [-0.15, -0.1) is 12.4 Å². The third-order valence-corrected chi connectivity index (χ3v) is 3.69. The summed E-state index contributed by atoms with van der Waals surface area (Å²) in [6, 6.07) is 11.3. The highest BCUT2D eigenvalue weighted by Gasteiger charge is 2.17. The number of nitrogens with one attached hydrogen (secondary N) is 1. The van der Waals surface area contributed by atoms with Gasteiger partial charge in [0.05, 0.1) is 5.52 Å². The molecular weight excluding hydrogens is 258 g/mol. The molecule has 0 amide bonds. The fourth-order valence-corrected chi connectivity index (χ4v) is 2.58. The number of halogens is 1. The summed E-state index contributed by atoms with van der Waals surface area (Å²) in [5.74, 6) is 0. The van der Waals surface area contributed by atoms with E-state index in [9.17, 15) is 0 Å². The van der Waals surface area contributed by atoms with Crippen LogP contribution in [0.2, 0.25) is 0 Å². The molecule has 1 N–H and O–H groups in total. The first-order valence-corrected chi connectivity index (χ1v) is 6.61. The molecule has 1 atom stereocenters. The van der Waals surface area contributed by atoms with Crippen molar-refractivity contribution < 1.29 is 0 Å². The number of hydrogen-bond acceptors (Lipinski definition) is 3. The molecule has 2 heterocycles. The Morgan fingerprint density at radius 1 is 1.37 bits per heavy atom. The van der Waals surface area contributed by atoms with Crippen LogP contribution >= 0.6 is 12.4 Å². The van der Waals surface area contributed by atoms with Gasteiger partial charge < -0.3 is 5.32 Å². The minimum Gasteiger partial charge on any atom is -0.314 e. The second-order valence-corrected chi connectivity index (χ2v) is 5.05. The van der Waals surface area contributed by atoms with Crippen LogP contribution in [0.15, 0.2) is 36.5 Å². The van der Waals surface area contributed by atoms with E-state index in [1.54, 1.807) is 0 Å². The highest BCUT2D eigenvalue weighted by molar-refractivity contribution is 5.85. The van der Waals surface area contributed by atoms with Crippen LogP contribution in [0.1, 0.15) is 12.5 Å². The van der Waals surface area contributed by atoms with Crippen molar-refractivity contribution >= 4 is 23.3 Å². The van der Waals surface area contributed by atoms with Crippen LogP contribution in [0.5, 0.6) is 0 Å². The van der Waals surface area contributed by atoms with E-state index in [2.05, 4.69) is 46.4 Å². The van der Waals surface area contributed by atoms with Gasteiger partial charge in [-0.3, -0.25) is 9.88 Å². The topological polar surface area (TPSA) is 28.2 Å². The maximum atomic E-state index is 4.36. The number of rotatable bonds is 2. The fourth-order valence-electron chi connectivity index (χ4n) is 2.58. The summed E-state index contributed by atoms with van der Waals surface area (Å²) in [5, 5.41) is 4.66. The van der Waals surface area contributed by atoms with Crippen molar-refractivity contribution in [2.24, 2.45) is 0 Å². The molecule has 0 saturated carbocycles. The highest BCUT2D eigenvalue weighted by atomic mass is 35.5. The van der Waals surface area contributed by atoms with Crippen LogP contribution in [-0.4, -0.2) is 35.6 Å². The van der Waals surface area contributed by atoms with Crippen LogP contribution in [0, 0.1) is 0 Å². The maximum absolute atomic E-state index is 4.36. The Morgan fingerprint density at radius 2 is 2.26 bits per heavy atom. The molecule has 1 aromatic carbocycles. The predicted octanol–water partition coefficient (Wildman–Crippen LogP) is 2.45. The standard InChI is InChI=1S/C15H19N3.ClH/c1-12-10-16-7-8-18(12)11-13-4-5-15-14(9-13)3-2-6-17-15;/h2-6,9,12,16H,7-8,10-11H2,1H3;1H/t12-;/m1./s1. The Balaban J connectivity index is 0.00000133. The molecule has 0 radical (unpaired) electrons. The summed E-state index contributed by atoms with van der Waals surface area (Å²) in [6.45, 7) is 6.64. The number of nitrogens with zero attached hydrogens (tertiary/aromatic N) is 2. The molecule has 0 unspecified atom stereocenters. The first-order valence-electron chi connectivity index (χ1n) is 6.61. The van der Waals surface area contributed by atoms with Gasteiger partial charge in [0.15, 0.2) is 0 Å². The smallest absolute Gasteiger partial charge is 0.0702 e. The molecule has 4 heteroatoms. The van der Waals surface area contributed by atoms with Gasteiger partial charge in [-0.2, -0.15) is 0 Å². The van der Waals surface area contributed by atoms with Crippen molar-refractivity contribution in [2.75, 3.05) is 19.6 Å². The monoisotopic (exact) mass is 277 g/mol. The van der Waals surface area contributed by atoms with Crippen molar-refractivity contribution in [2.45, 2.75) is 19.5 Å². The third-order valence-electron chi connectivity index (χ3n) is 3.69. The summed E-state index contributed by atoms with van der Waals surface area (Å²) < 4.78 is 0. The number of hydrogen-bond donors (Lipinski definition) is 1. The summed E-state index contributed by atoms with van der Waals surface area (Å²) in [7, 11) is 0. The van der Waals surface area contributed by atoms with E-state index in [0.29, 0.717) is 6.04 Å². The first kappa shape index (κ1) is 14.3. The van der Waals surface area contributed by atoms with Crippen LogP contribution < -0.4 is 5.32 Å². The molecule has 3 nitrogen and oxygen atoms in total. The predicted molar refractivity (Wildman–Crippen MR) is 81.7 cm³/mol. The Bertz CT molecular complexity index is 544. The number of pyridine rings is 1. The van der Waals surface area contributed by atoms with Crippen LogP contribution in [-0.2, 0) is 6.54 Å². The fraction of sp³-hybridized carbons (Fsp3) is 0.400. The van der Waals surface area contributed by atoms with E-state index in [0.717, 1.165) is 31.7 Å². The lowest BCUT2D eigenvalue weighted by Gasteiger charge is -2.33. The maximum Gasteiger partial charge on any atom is 0.0702 e. The lowest BCUT2D eigenvalue weighted by molar-refractivity contribution is 0.165. The zero-order valence-corrected chi connectivity index (χ0v) is 12.0. The number of fused-ring (bicyclic) bond motifs is 1. The van der Waals surface area contributed by atoms with Gasteiger partial charge in [-0.25, -0.2) is 0 Å². The molecule has 19 heavy (non-hydrogen) atoms. The van der Waals surface area contributed by atoms with Crippen molar-refractivity contribution in [1.82, 2.24) is 15.2 Å². The number of piperazine rings is 1. The second-order valence-electron chi connectivity index (χ2n) is 5.05. The third kappa shape index (κ3) is 3.24. The summed E-state index contributed by atoms with van der Waals surface area (Å²) in [6.07, 6.45) is 1.85. The van der Waals surface area contributed by atoms with Gasteiger partial charge in [0.2, 0.25) is 0 Å². The van der Waals surface area contributed by atoms with E-state index in [1.165, 1.54) is 10.9 Å². The van der Waals surface area contributed by atoms with Crippen LogP contribution in [0.25, 0.3) is 10.9 Å². The van der Waals surface area contributed by atoms with Gasteiger partial charge >= 0.3 is 0 Å². The molecule has 0 aliphatic carbocycles. The molecule has 3 rings (SSSR count). The summed E-state index contributed by atoms with van der Waals surface area (Å²) >= 11 is 0. The number of benzene rings is 1. The van der Waals surface area contributed by atoms with Gasteiger partial charge in [-0.1, -0.05) is 12.1 Å². The zero-order chi connectivity index (χ0) is 12.4. The van der Waals surface area contributed by atoms with Crippen molar-refractivity contribution in [1.29, 1.82) is 0 Å². The molecule has 1 saturated heterocycles. The second kappa shape index (κ2) is 6.33. The average molecular weight is 278 g/mol. The molecule has 1 aliphatic rings. The Kier molecular flexibility index (Phi) is 4.75. The summed E-state index contributed by atoms with van der Waals surface area (Å²) in [5.41, 5.74) is 2.46. The van der Waals surface area contributed by atoms with E-state index in [4.69, 9.17) is 0 Å². The SMILES string of the molecule is C[C@@H]1CNCCN1Cc1ccc2ncccc2c1.Cl. The summed E-state index contributed by atoms with van der Waals surface area (Å²) in [4.78, 5) is 6.90. The average Bonchev–Trinajstić information content (AvgIpc) is 2.41. The lowest BCUT2D eigenvalue weighted by atomic mass is 10.1. The van der Waals surface area contributed by atoms with Gasteiger partial charge in [0.25, 0.3) is 0 Å². The van der Waals surface area contributed by atoms with Gasteiger partial charge in [-0.05, 0) is 30.7 Å². The molecule has 0 bridgehead atoms. The minimum absolute atomic E-state index is 0. The Hall–Kier alpha value is -1.16. The van der Waals surface area contributed by atoms with E-state index >= 15 is 0 Å². The molecule has 102 valence electrons. The Morgan fingerprint density at radius 3 is 3.11 bits per heavy atom. The quantitative estimate of drug-likeness (QED) is 0.914. The van der Waals surface area contributed by atoms with E-state index in [1.807, 2.05) is 12.3 Å². The van der Waals surface area contributed by atoms with E-state index < -0.39 is 0 Å². The molecule has 1 aliphatic heterocycles. The van der Waals surface area contributed by atoms with Gasteiger partial charge in [0, 0.05) is 43.8 Å². The highest BCUT2D eigenvalue weighted by Crippen LogP contribution is 2.16. The zero-order valence-electron chi connectivity index (χ0n) is 11.2. The number of aromatic nitrogens is 1. The van der Waals surface area contributed by atoms with Crippen LogP contribution in [0.3, 0.4) is 0 Å². The molecule has 0 spiro atoms. The van der Waals surface area contributed by atoms with Crippen molar-refractivity contribution in [3.05, 3.63) is 42.1 Å². The van der Waals surface area contributed by atoms with Gasteiger partial charge in [0.1, 0.15) is 0 Å². The first-order chi connectivity index (χ1) is 8.83. The van der Waals surface area contributed by atoms with Crippen molar-refractivity contribution in [3.8, 4) is 0 Å². The molecule has 1 aromatic heterocycles. The normalized spacial score (nSPS) is 20.2. The van der Waals surface area contributed by atoms with E-state index in [-0.39, 0.29) is 12.4 Å². The lowest BCUT2D eigenvalue weighted by Crippen LogP contribution is -2.49. The largest absolute Gasteiger partial charge is 0.314 e. The molecule has 2 aromatic rings. The van der Waals surface area contributed by atoms with Crippen molar-refractivity contribution in [3.63, 3.8) is 0 Å². The minimum atomic E-state index is 0. The molecular formula is C15H20ClN3. The van der Waals surface area contributed by atoms with Crippen LogP contribution in [0.4, 0.5) is 0 Å². The molecule has 1 fully saturated rings.